The van der Waals surface area contributed by atoms with Gasteiger partial charge in [-0.05, 0) is 11.6 Å². The number of H-pyrrole nitrogens is 1. The van der Waals surface area contributed by atoms with Crippen molar-refractivity contribution in [1.29, 1.82) is 0 Å². The number of benzene rings is 1. The molecular weight excluding hydrogens is 402 g/mol. The number of carbonyl (C=O) groups is 4. The standard InChI is InChI=1S/C18H21N3O7S/c22-8-14(29)17(26)20-12(6-15(23)24)16(25)21-13(18(27)28)5-9-7-19-11-4-2-1-3-10(9)11/h1-4,7,12-14,19,22,29H,5-6,8H2,(H,20,26)(H,21,25)(H,23,24)(H,27,28)/t12-,13-,14-/m0/s1. The second-order valence-corrected chi connectivity index (χ2v) is 6.94. The summed E-state index contributed by atoms with van der Waals surface area (Å²) in [7, 11) is 0. The van der Waals surface area contributed by atoms with Crippen LogP contribution in [0.5, 0.6) is 0 Å². The van der Waals surface area contributed by atoms with E-state index < -0.39 is 54.1 Å². The second-order valence-electron chi connectivity index (χ2n) is 6.32. The number of amides is 2. The van der Waals surface area contributed by atoms with Crippen LogP contribution in [0.25, 0.3) is 10.9 Å². The number of nitrogens with one attached hydrogen (secondary N) is 3. The Morgan fingerprint density at radius 2 is 1.69 bits per heavy atom. The molecule has 0 spiro atoms. The molecule has 0 aliphatic carbocycles. The van der Waals surface area contributed by atoms with E-state index in [1.54, 1.807) is 18.3 Å². The molecule has 0 radical (unpaired) electrons. The molecular formula is C18H21N3O7S. The predicted molar refractivity (Wildman–Crippen MR) is 106 cm³/mol. The number of aromatic amines is 1. The SMILES string of the molecule is O=C(O)C[C@H](NC(=O)[C@@H](S)CO)C(=O)N[C@@H](Cc1c[nH]c2ccccc12)C(=O)O. The van der Waals surface area contributed by atoms with Gasteiger partial charge in [0.25, 0.3) is 0 Å². The Labute approximate surface area is 170 Å². The first-order valence-corrected chi connectivity index (χ1v) is 9.13. The molecule has 6 N–H and O–H groups in total. The van der Waals surface area contributed by atoms with E-state index in [4.69, 9.17) is 10.2 Å². The maximum atomic E-state index is 12.5. The van der Waals surface area contributed by atoms with E-state index in [2.05, 4.69) is 28.2 Å². The lowest BCUT2D eigenvalue weighted by molar-refractivity contribution is -0.143. The highest BCUT2D eigenvalue weighted by atomic mass is 32.1. The molecule has 10 nitrogen and oxygen atoms in total. The van der Waals surface area contributed by atoms with Crippen molar-refractivity contribution in [2.24, 2.45) is 0 Å². The number of carboxylic acids is 2. The number of para-hydroxylation sites is 1. The molecule has 2 amide bonds. The van der Waals surface area contributed by atoms with Crippen LogP contribution in [0.4, 0.5) is 0 Å². The van der Waals surface area contributed by atoms with Gasteiger partial charge in [-0.3, -0.25) is 14.4 Å². The first-order chi connectivity index (χ1) is 13.7. The molecule has 0 unspecified atom stereocenters. The Hall–Kier alpha value is -3.05. The van der Waals surface area contributed by atoms with E-state index in [9.17, 15) is 24.3 Å². The zero-order valence-corrected chi connectivity index (χ0v) is 16.1. The minimum atomic E-state index is -1.52. The summed E-state index contributed by atoms with van der Waals surface area (Å²) >= 11 is 3.82. The molecule has 0 saturated carbocycles. The van der Waals surface area contributed by atoms with Crippen LogP contribution in [0.15, 0.2) is 30.5 Å². The summed E-state index contributed by atoms with van der Waals surface area (Å²) in [5.41, 5.74) is 1.46. The van der Waals surface area contributed by atoms with Crippen molar-refractivity contribution in [3.63, 3.8) is 0 Å². The minimum absolute atomic E-state index is 0.0509. The zero-order chi connectivity index (χ0) is 21.6. The second kappa shape index (κ2) is 9.94. The first kappa shape index (κ1) is 22.2. The quantitative estimate of drug-likeness (QED) is 0.253. The van der Waals surface area contributed by atoms with E-state index in [0.717, 1.165) is 10.9 Å². The number of hydrogen-bond donors (Lipinski definition) is 7. The molecule has 29 heavy (non-hydrogen) atoms. The first-order valence-electron chi connectivity index (χ1n) is 8.62. The number of thiol groups is 1. The molecule has 156 valence electrons. The molecule has 2 rings (SSSR count). The third-order valence-corrected chi connectivity index (χ3v) is 4.60. The van der Waals surface area contributed by atoms with Gasteiger partial charge in [-0.25, -0.2) is 4.79 Å². The highest BCUT2D eigenvalue weighted by Gasteiger charge is 2.30. The van der Waals surface area contributed by atoms with Crippen LogP contribution >= 0.6 is 12.6 Å². The van der Waals surface area contributed by atoms with Crippen molar-refractivity contribution < 1.29 is 34.5 Å². The lowest BCUT2D eigenvalue weighted by Crippen LogP contribution is -2.54. The van der Waals surface area contributed by atoms with Gasteiger partial charge in [-0.15, -0.1) is 0 Å². The largest absolute Gasteiger partial charge is 0.481 e. The number of carbonyl (C=O) groups excluding carboxylic acids is 2. The van der Waals surface area contributed by atoms with Gasteiger partial charge in [0.1, 0.15) is 17.3 Å². The highest BCUT2D eigenvalue weighted by Crippen LogP contribution is 2.19. The van der Waals surface area contributed by atoms with Crippen LogP contribution in [0.2, 0.25) is 0 Å². The summed E-state index contributed by atoms with van der Waals surface area (Å²) in [6, 6.07) is 4.36. The van der Waals surface area contributed by atoms with Gasteiger partial charge < -0.3 is 30.9 Å². The van der Waals surface area contributed by atoms with Gasteiger partial charge >= 0.3 is 11.9 Å². The topological polar surface area (TPSA) is 169 Å². The van der Waals surface area contributed by atoms with Crippen LogP contribution in [0, 0.1) is 0 Å². The van der Waals surface area contributed by atoms with Crippen molar-refractivity contribution in [3.05, 3.63) is 36.0 Å². The average molecular weight is 423 g/mol. The van der Waals surface area contributed by atoms with E-state index >= 15 is 0 Å². The number of aromatic nitrogens is 1. The van der Waals surface area contributed by atoms with Crippen LogP contribution in [0.1, 0.15) is 12.0 Å². The van der Waals surface area contributed by atoms with E-state index in [0.29, 0.717) is 5.56 Å². The summed E-state index contributed by atoms with van der Waals surface area (Å²) in [5, 5.41) is 31.5. The molecule has 0 bridgehead atoms. The van der Waals surface area contributed by atoms with Gasteiger partial charge in [0.05, 0.1) is 13.0 Å². The van der Waals surface area contributed by atoms with Gasteiger partial charge in [0.2, 0.25) is 11.8 Å². The Kier molecular flexibility index (Phi) is 7.62. The Balaban J connectivity index is 2.15. The lowest BCUT2D eigenvalue weighted by Gasteiger charge is -2.21. The van der Waals surface area contributed by atoms with Crippen molar-refractivity contribution in [3.8, 4) is 0 Å². The monoisotopic (exact) mass is 423 g/mol. The molecule has 2 aromatic rings. The van der Waals surface area contributed by atoms with E-state index in [-0.39, 0.29) is 6.42 Å². The van der Waals surface area contributed by atoms with E-state index in [1.807, 2.05) is 12.1 Å². The van der Waals surface area contributed by atoms with Crippen molar-refractivity contribution in [2.75, 3.05) is 6.61 Å². The Morgan fingerprint density at radius 1 is 1.03 bits per heavy atom. The summed E-state index contributed by atoms with van der Waals surface area (Å²) in [5.74, 6) is -4.49. The van der Waals surface area contributed by atoms with Crippen LogP contribution in [-0.4, -0.2) is 68.0 Å². The van der Waals surface area contributed by atoms with Gasteiger partial charge in [0, 0.05) is 23.5 Å². The van der Waals surface area contributed by atoms with Crippen molar-refractivity contribution in [2.45, 2.75) is 30.2 Å². The number of carboxylic acid groups (broad SMARTS) is 2. The van der Waals surface area contributed by atoms with Crippen LogP contribution in [-0.2, 0) is 25.6 Å². The maximum absolute atomic E-state index is 12.5. The molecule has 1 aromatic carbocycles. The number of rotatable bonds is 10. The molecule has 0 aliphatic heterocycles. The molecule has 1 aromatic heterocycles. The van der Waals surface area contributed by atoms with Gasteiger partial charge in [-0.1, -0.05) is 18.2 Å². The fraction of sp³-hybridized carbons (Fsp3) is 0.333. The summed E-state index contributed by atoms with van der Waals surface area (Å²) in [4.78, 5) is 50.0. The van der Waals surface area contributed by atoms with Crippen LogP contribution < -0.4 is 10.6 Å². The smallest absolute Gasteiger partial charge is 0.326 e. The zero-order valence-electron chi connectivity index (χ0n) is 15.2. The Morgan fingerprint density at radius 3 is 2.31 bits per heavy atom. The third kappa shape index (κ3) is 5.96. The molecule has 0 saturated heterocycles. The van der Waals surface area contributed by atoms with Crippen molar-refractivity contribution in [1.82, 2.24) is 15.6 Å². The summed E-state index contributed by atoms with van der Waals surface area (Å²) in [6.45, 7) is -0.616. The molecule has 0 fully saturated rings. The lowest BCUT2D eigenvalue weighted by atomic mass is 10.0. The fourth-order valence-corrected chi connectivity index (χ4v) is 2.80. The number of aliphatic carboxylic acids is 2. The van der Waals surface area contributed by atoms with Gasteiger partial charge in [-0.2, -0.15) is 12.6 Å². The maximum Gasteiger partial charge on any atom is 0.326 e. The fourth-order valence-electron chi connectivity index (χ4n) is 2.73. The Bertz CT molecular complexity index is 914. The summed E-state index contributed by atoms with van der Waals surface area (Å²) < 4.78 is 0. The summed E-state index contributed by atoms with van der Waals surface area (Å²) in [6.07, 6.45) is 0.823. The number of aliphatic hydroxyl groups is 1. The minimum Gasteiger partial charge on any atom is -0.481 e. The molecule has 11 heteroatoms. The predicted octanol–water partition coefficient (Wildman–Crippen LogP) is -0.470. The van der Waals surface area contributed by atoms with Gasteiger partial charge in [0.15, 0.2) is 0 Å². The van der Waals surface area contributed by atoms with Crippen LogP contribution in [0.3, 0.4) is 0 Å². The number of aliphatic hydroxyl groups excluding tert-OH is 1. The third-order valence-electron chi connectivity index (χ3n) is 4.20. The number of fused-ring (bicyclic) bond motifs is 1. The average Bonchev–Trinajstić information content (AvgIpc) is 3.08. The highest BCUT2D eigenvalue weighted by molar-refractivity contribution is 7.81. The molecule has 1 heterocycles. The number of hydrogen-bond acceptors (Lipinski definition) is 6. The molecule has 0 aliphatic rings. The molecule has 3 atom stereocenters. The van der Waals surface area contributed by atoms with E-state index in [1.165, 1.54) is 0 Å². The normalized spacial score (nSPS) is 14.0. The van der Waals surface area contributed by atoms with Crippen molar-refractivity contribution >= 4 is 47.3 Å².